The van der Waals surface area contributed by atoms with E-state index in [9.17, 15) is 4.79 Å². The van der Waals surface area contributed by atoms with Crippen molar-refractivity contribution in [2.75, 3.05) is 36.5 Å². The number of amides is 1. The van der Waals surface area contributed by atoms with Crippen molar-refractivity contribution >= 4 is 17.5 Å². The minimum absolute atomic E-state index is 0.352. The first-order chi connectivity index (χ1) is 11.4. The van der Waals surface area contributed by atoms with Crippen molar-refractivity contribution in [2.24, 2.45) is 0 Å². The minimum atomic E-state index is -0.502. The molecular weight excluding hydrogens is 308 g/mol. The summed E-state index contributed by atoms with van der Waals surface area (Å²) >= 11 is 0. The van der Waals surface area contributed by atoms with Crippen LogP contribution in [0.1, 0.15) is 33.6 Å². The van der Waals surface area contributed by atoms with E-state index in [1.165, 1.54) is 0 Å². The molecule has 0 unspecified atom stereocenters. The summed E-state index contributed by atoms with van der Waals surface area (Å²) in [6.45, 7) is 8.73. The van der Waals surface area contributed by atoms with Gasteiger partial charge in [0.25, 0.3) is 0 Å². The molecule has 0 radical (unpaired) electrons. The van der Waals surface area contributed by atoms with Crippen LogP contribution in [0.25, 0.3) is 0 Å². The van der Waals surface area contributed by atoms with Gasteiger partial charge in [-0.1, -0.05) is 0 Å². The lowest BCUT2D eigenvalue weighted by molar-refractivity contribution is -0.169. The zero-order valence-electron chi connectivity index (χ0n) is 14.6. The standard InChI is InChI=1S/C18H26N2O4/c1-17(2,3)24-16(21)19-14-4-6-15(7-5-14)20-10-8-18(9-11-20)22-12-13-23-18/h4-7H,8-13H2,1-3H3,(H,19,21). The number of carbonyl (C=O) groups excluding carboxylic acids is 1. The molecule has 2 fully saturated rings. The van der Waals surface area contributed by atoms with E-state index in [1.54, 1.807) is 0 Å². The van der Waals surface area contributed by atoms with Gasteiger partial charge in [0.15, 0.2) is 5.79 Å². The van der Waals surface area contributed by atoms with Crippen LogP contribution in [0.2, 0.25) is 0 Å². The molecule has 24 heavy (non-hydrogen) atoms. The third kappa shape index (κ3) is 4.19. The van der Waals surface area contributed by atoms with E-state index in [0.717, 1.165) is 37.3 Å². The molecule has 1 spiro atoms. The molecule has 2 heterocycles. The average Bonchev–Trinajstić information content (AvgIpc) is 2.95. The van der Waals surface area contributed by atoms with Crippen molar-refractivity contribution < 1.29 is 19.0 Å². The van der Waals surface area contributed by atoms with Gasteiger partial charge in [0, 0.05) is 37.3 Å². The molecule has 0 atom stereocenters. The topological polar surface area (TPSA) is 60.0 Å². The lowest BCUT2D eigenvalue weighted by Crippen LogP contribution is -2.45. The predicted octanol–water partition coefficient (Wildman–Crippen LogP) is 3.38. The van der Waals surface area contributed by atoms with Crippen LogP contribution in [-0.4, -0.2) is 43.8 Å². The van der Waals surface area contributed by atoms with Crippen LogP contribution in [-0.2, 0) is 14.2 Å². The molecule has 3 rings (SSSR count). The fourth-order valence-electron chi connectivity index (χ4n) is 3.07. The van der Waals surface area contributed by atoms with Crippen LogP contribution in [0.5, 0.6) is 0 Å². The largest absolute Gasteiger partial charge is 0.444 e. The van der Waals surface area contributed by atoms with Crippen molar-refractivity contribution in [1.82, 2.24) is 0 Å². The second kappa shape index (κ2) is 6.61. The van der Waals surface area contributed by atoms with Crippen molar-refractivity contribution in [2.45, 2.75) is 45.0 Å². The Balaban J connectivity index is 1.54. The normalized spacial score (nSPS) is 20.2. The second-order valence-corrected chi connectivity index (χ2v) is 7.27. The summed E-state index contributed by atoms with van der Waals surface area (Å²) in [6.07, 6.45) is 1.32. The van der Waals surface area contributed by atoms with Gasteiger partial charge < -0.3 is 19.1 Å². The summed E-state index contributed by atoms with van der Waals surface area (Å²) < 4.78 is 16.8. The molecule has 1 aromatic carbocycles. The first kappa shape index (κ1) is 17.0. The first-order valence-electron chi connectivity index (χ1n) is 8.48. The van der Waals surface area contributed by atoms with Crippen molar-refractivity contribution in [3.63, 3.8) is 0 Å². The number of hydrogen-bond acceptors (Lipinski definition) is 5. The van der Waals surface area contributed by atoms with Gasteiger partial charge in [-0.15, -0.1) is 0 Å². The third-order valence-corrected chi connectivity index (χ3v) is 4.22. The van der Waals surface area contributed by atoms with Crippen molar-refractivity contribution in [3.05, 3.63) is 24.3 Å². The molecule has 1 N–H and O–H groups in total. The predicted molar refractivity (Wildman–Crippen MR) is 92.4 cm³/mol. The highest BCUT2D eigenvalue weighted by atomic mass is 16.7. The van der Waals surface area contributed by atoms with Gasteiger partial charge >= 0.3 is 6.09 Å². The number of benzene rings is 1. The Bertz CT molecular complexity index is 564. The van der Waals surface area contributed by atoms with Gasteiger partial charge in [-0.3, -0.25) is 5.32 Å². The number of nitrogens with one attached hydrogen (secondary N) is 1. The highest BCUT2D eigenvalue weighted by molar-refractivity contribution is 5.85. The first-order valence-corrected chi connectivity index (χ1v) is 8.48. The van der Waals surface area contributed by atoms with E-state index < -0.39 is 11.7 Å². The fraction of sp³-hybridized carbons (Fsp3) is 0.611. The number of rotatable bonds is 2. The molecule has 6 nitrogen and oxygen atoms in total. The molecule has 1 aromatic rings. The monoisotopic (exact) mass is 334 g/mol. The quantitative estimate of drug-likeness (QED) is 0.898. The fourth-order valence-corrected chi connectivity index (χ4v) is 3.07. The van der Waals surface area contributed by atoms with Gasteiger partial charge in [0.05, 0.1) is 13.2 Å². The van der Waals surface area contributed by atoms with Gasteiger partial charge in [-0.05, 0) is 45.0 Å². The lowest BCUT2D eigenvalue weighted by Gasteiger charge is -2.38. The molecule has 132 valence electrons. The average molecular weight is 334 g/mol. The number of ether oxygens (including phenoxy) is 3. The van der Waals surface area contributed by atoms with E-state index in [-0.39, 0.29) is 5.79 Å². The number of piperidine rings is 1. The van der Waals surface area contributed by atoms with Crippen molar-refractivity contribution in [1.29, 1.82) is 0 Å². The molecule has 2 aliphatic rings. The van der Waals surface area contributed by atoms with E-state index in [0.29, 0.717) is 13.2 Å². The minimum Gasteiger partial charge on any atom is -0.444 e. The smallest absolute Gasteiger partial charge is 0.412 e. The SMILES string of the molecule is CC(C)(C)OC(=O)Nc1ccc(N2CCC3(CC2)OCCO3)cc1. The van der Waals surface area contributed by atoms with E-state index in [1.807, 2.05) is 45.0 Å². The van der Waals surface area contributed by atoms with E-state index in [4.69, 9.17) is 14.2 Å². The summed E-state index contributed by atoms with van der Waals surface area (Å²) in [4.78, 5) is 14.1. The Hall–Kier alpha value is -1.79. The summed E-state index contributed by atoms with van der Waals surface area (Å²) in [5.41, 5.74) is 1.36. The summed E-state index contributed by atoms with van der Waals surface area (Å²) in [5.74, 6) is -0.352. The molecule has 1 amide bonds. The lowest BCUT2D eigenvalue weighted by atomic mass is 10.0. The molecule has 0 bridgehead atoms. The Kier molecular flexibility index (Phi) is 4.69. The van der Waals surface area contributed by atoms with Gasteiger partial charge in [-0.25, -0.2) is 4.79 Å². The maximum Gasteiger partial charge on any atom is 0.412 e. The Morgan fingerprint density at radius 2 is 1.71 bits per heavy atom. The van der Waals surface area contributed by atoms with Crippen LogP contribution in [0.3, 0.4) is 0 Å². The zero-order valence-corrected chi connectivity index (χ0v) is 14.6. The number of nitrogens with zero attached hydrogens (tertiary/aromatic N) is 1. The van der Waals surface area contributed by atoms with Crippen LogP contribution >= 0.6 is 0 Å². The number of carbonyl (C=O) groups is 1. The second-order valence-electron chi connectivity index (χ2n) is 7.27. The molecule has 0 saturated carbocycles. The van der Waals surface area contributed by atoms with E-state index >= 15 is 0 Å². The maximum atomic E-state index is 11.8. The summed E-state index contributed by atoms with van der Waals surface area (Å²) in [6, 6.07) is 7.82. The molecule has 2 saturated heterocycles. The third-order valence-electron chi connectivity index (χ3n) is 4.22. The Labute approximate surface area is 143 Å². The highest BCUT2D eigenvalue weighted by Crippen LogP contribution is 2.33. The van der Waals surface area contributed by atoms with Crippen LogP contribution in [0.15, 0.2) is 24.3 Å². The molecule has 2 aliphatic heterocycles. The molecule has 6 heteroatoms. The van der Waals surface area contributed by atoms with Gasteiger partial charge in [0.2, 0.25) is 0 Å². The van der Waals surface area contributed by atoms with Crippen LogP contribution in [0, 0.1) is 0 Å². The molecular formula is C18H26N2O4. The van der Waals surface area contributed by atoms with Crippen LogP contribution in [0.4, 0.5) is 16.2 Å². The highest BCUT2D eigenvalue weighted by Gasteiger charge is 2.39. The summed E-state index contributed by atoms with van der Waals surface area (Å²) in [5, 5.41) is 2.75. The molecule has 0 aromatic heterocycles. The number of hydrogen-bond donors (Lipinski definition) is 1. The van der Waals surface area contributed by atoms with Crippen molar-refractivity contribution in [3.8, 4) is 0 Å². The van der Waals surface area contributed by atoms with Gasteiger partial charge in [-0.2, -0.15) is 0 Å². The van der Waals surface area contributed by atoms with Gasteiger partial charge in [0.1, 0.15) is 5.60 Å². The molecule has 0 aliphatic carbocycles. The van der Waals surface area contributed by atoms with E-state index in [2.05, 4.69) is 10.2 Å². The maximum absolute atomic E-state index is 11.8. The Morgan fingerprint density at radius 1 is 1.12 bits per heavy atom. The zero-order chi connectivity index (χ0) is 17.2. The Morgan fingerprint density at radius 3 is 2.25 bits per heavy atom. The van der Waals surface area contributed by atoms with Crippen LogP contribution < -0.4 is 10.2 Å². The number of anilines is 2. The summed E-state index contributed by atoms with van der Waals surface area (Å²) in [7, 11) is 0.